The highest BCUT2D eigenvalue weighted by Gasteiger charge is 2.41. The summed E-state index contributed by atoms with van der Waals surface area (Å²) >= 11 is 0. The van der Waals surface area contributed by atoms with Gasteiger partial charge in [0.15, 0.2) is 0 Å². The number of sulfonamides is 1. The molecule has 0 spiro atoms. The Labute approximate surface area is 297 Å². The number of nitrogens with one attached hydrogen (secondary N) is 2. The molecule has 0 aromatic heterocycles. The first-order valence-electron chi connectivity index (χ1n) is 19.6. The summed E-state index contributed by atoms with van der Waals surface area (Å²) in [6, 6.07) is -0.575. The Kier molecular flexibility index (Phi) is 17.8. The van der Waals surface area contributed by atoms with E-state index in [0.717, 1.165) is 70.6 Å². The molecule has 0 aromatic carbocycles. The first kappa shape index (κ1) is 41.7. The summed E-state index contributed by atoms with van der Waals surface area (Å²) in [7, 11) is -0.160. The normalized spacial score (nSPS) is 23.9. The molecular formula is C37H69N5O6S. The highest BCUT2D eigenvalue weighted by Crippen LogP contribution is 2.36. The molecule has 284 valence electrons. The molecular weight excluding hydrogens is 643 g/mol. The maximum absolute atomic E-state index is 14.1. The van der Waals surface area contributed by atoms with E-state index in [4.69, 9.17) is 0 Å². The van der Waals surface area contributed by atoms with Gasteiger partial charge in [0, 0.05) is 58.0 Å². The smallest absolute Gasteiger partial charge is 0.225 e. The maximum Gasteiger partial charge on any atom is 0.225 e. The van der Waals surface area contributed by atoms with Gasteiger partial charge in [0.2, 0.25) is 27.7 Å². The van der Waals surface area contributed by atoms with Crippen LogP contribution in [0.25, 0.3) is 0 Å². The fourth-order valence-corrected chi connectivity index (χ4v) is 10.1. The van der Waals surface area contributed by atoms with Crippen molar-refractivity contribution in [2.45, 2.75) is 142 Å². The van der Waals surface area contributed by atoms with Gasteiger partial charge in [0.25, 0.3) is 0 Å². The summed E-state index contributed by atoms with van der Waals surface area (Å²) in [6.45, 7) is 7.88. The van der Waals surface area contributed by atoms with Gasteiger partial charge in [-0.25, -0.2) is 13.4 Å². The van der Waals surface area contributed by atoms with Crippen molar-refractivity contribution in [2.24, 2.45) is 29.6 Å². The van der Waals surface area contributed by atoms with Crippen LogP contribution in [-0.2, 0) is 24.4 Å². The van der Waals surface area contributed by atoms with Gasteiger partial charge in [0.05, 0.1) is 17.9 Å². The van der Waals surface area contributed by atoms with Crippen molar-refractivity contribution in [3.8, 4) is 0 Å². The lowest BCUT2D eigenvalue weighted by molar-refractivity contribution is -0.143. The van der Waals surface area contributed by atoms with E-state index in [1.54, 1.807) is 24.0 Å². The van der Waals surface area contributed by atoms with Crippen molar-refractivity contribution >= 4 is 27.7 Å². The average molecular weight is 712 g/mol. The third kappa shape index (κ3) is 13.7. The Morgan fingerprint density at radius 2 is 1.24 bits per heavy atom. The van der Waals surface area contributed by atoms with E-state index < -0.39 is 39.9 Å². The van der Waals surface area contributed by atoms with Crippen LogP contribution in [0.3, 0.4) is 0 Å². The lowest BCUT2D eigenvalue weighted by atomic mass is 9.73. The Hall–Kier alpha value is -1.76. The van der Waals surface area contributed by atoms with Crippen LogP contribution in [-0.4, -0.2) is 104 Å². The molecule has 5 atom stereocenters. The number of hydrazine groups is 1. The van der Waals surface area contributed by atoms with Gasteiger partial charge in [0.1, 0.15) is 0 Å². The van der Waals surface area contributed by atoms with Gasteiger partial charge in [-0.3, -0.25) is 14.4 Å². The first-order valence-corrected chi connectivity index (χ1v) is 21.3. The Balaban J connectivity index is 1.78. The summed E-state index contributed by atoms with van der Waals surface area (Å²) in [6.07, 6.45) is 13.8. The Morgan fingerprint density at radius 1 is 0.735 bits per heavy atom. The number of hydrogen-bond acceptors (Lipinski definition) is 7. The molecule has 49 heavy (non-hydrogen) atoms. The molecule has 5 unspecified atom stereocenters. The SMILES string of the molecule is CCCN(CC(O)C(CC1CCCCC1)NC(=O)C1CC(C(=O)N(C)C)CC(C(=O)N(CCC)CCC)C1)NS(=O)(=O)CC1CCCCC1. The maximum atomic E-state index is 14.1. The molecule has 3 fully saturated rings. The second-order valence-electron chi connectivity index (χ2n) is 15.6. The van der Waals surface area contributed by atoms with E-state index >= 15 is 0 Å². The van der Waals surface area contributed by atoms with E-state index in [9.17, 15) is 27.9 Å². The minimum Gasteiger partial charge on any atom is -0.390 e. The number of carbonyl (C=O) groups is 3. The molecule has 0 aromatic rings. The molecule has 12 heteroatoms. The summed E-state index contributed by atoms with van der Waals surface area (Å²) in [5.74, 6) is -1.06. The summed E-state index contributed by atoms with van der Waals surface area (Å²) < 4.78 is 26.4. The number of hydrogen-bond donors (Lipinski definition) is 3. The van der Waals surface area contributed by atoms with E-state index in [2.05, 4.69) is 10.1 Å². The van der Waals surface area contributed by atoms with Crippen molar-refractivity contribution in [1.29, 1.82) is 0 Å². The molecule has 11 nitrogen and oxygen atoms in total. The zero-order chi connectivity index (χ0) is 36.0. The number of carbonyl (C=O) groups excluding carboxylic acids is 3. The lowest BCUT2D eigenvalue weighted by Gasteiger charge is -2.38. The summed E-state index contributed by atoms with van der Waals surface area (Å²) in [5, 5.41) is 16.5. The van der Waals surface area contributed by atoms with Crippen LogP contribution in [0, 0.1) is 29.6 Å². The predicted molar refractivity (Wildman–Crippen MR) is 195 cm³/mol. The van der Waals surface area contributed by atoms with Crippen LogP contribution >= 0.6 is 0 Å². The number of aliphatic hydroxyl groups excluding tert-OH is 1. The van der Waals surface area contributed by atoms with Crippen molar-refractivity contribution in [1.82, 2.24) is 25.0 Å². The van der Waals surface area contributed by atoms with Crippen LogP contribution in [0.4, 0.5) is 0 Å². The van der Waals surface area contributed by atoms with Gasteiger partial charge < -0.3 is 20.2 Å². The first-order chi connectivity index (χ1) is 23.4. The highest BCUT2D eigenvalue weighted by atomic mass is 32.2. The Bertz CT molecular complexity index is 1120. The second-order valence-corrected chi connectivity index (χ2v) is 17.3. The van der Waals surface area contributed by atoms with E-state index in [1.165, 1.54) is 6.42 Å². The molecule has 0 saturated heterocycles. The standard InChI is InChI=1S/C37H69N5O6S/c1-6-19-41(20-7-2)37(46)32-24-30(23-31(25-32)36(45)40(4)5)35(44)38-33(22-28-15-11-9-12-16-28)34(43)26-42(21-8-3)39-49(47,48)27-29-17-13-10-14-18-29/h28-34,39,43H,6-27H2,1-5H3,(H,38,44). The molecule has 0 heterocycles. The molecule has 0 bridgehead atoms. The van der Waals surface area contributed by atoms with Gasteiger partial charge in [-0.2, -0.15) is 0 Å². The Morgan fingerprint density at radius 3 is 1.78 bits per heavy atom. The summed E-state index contributed by atoms with van der Waals surface area (Å²) in [4.78, 5) is 47.4. The minimum absolute atomic E-state index is 0.0206. The predicted octanol–water partition coefficient (Wildman–Crippen LogP) is 4.70. The van der Waals surface area contributed by atoms with E-state index in [-0.39, 0.29) is 35.9 Å². The molecule has 3 amide bonds. The van der Waals surface area contributed by atoms with Crippen molar-refractivity contribution in [3.63, 3.8) is 0 Å². The van der Waals surface area contributed by atoms with Crippen molar-refractivity contribution < 1.29 is 27.9 Å². The zero-order valence-electron chi connectivity index (χ0n) is 31.3. The average Bonchev–Trinajstić information content (AvgIpc) is 3.07. The van der Waals surface area contributed by atoms with Gasteiger partial charge >= 0.3 is 0 Å². The fraction of sp³-hybridized carbons (Fsp3) is 0.919. The molecule has 0 aliphatic heterocycles. The zero-order valence-corrected chi connectivity index (χ0v) is 32.2. The van der Waals surface area contributed by atoms with Crippen LogP contribution < -0.4 is 10.1 Å². The fourth-order valence-electron chi connectivity index (χ4n) is 8.52. The van der Waals surface area contributed by atoms with Crippen molar-refractivity contribution in [2.75, 3.05) is 46.0 Å². The van der Waals surface area contributed by atoms with E-state index in [0.29, 0.717) is 57.7 Å². The van der Waals surface area contributed by atoms with Crippen LogP contribution in [0.2, 0.25) is 0 Å². The number of rotatable bonds is 19. The quantitative estimate of drug-likeness (QED) is 0.165. The topological polar surface area (TPSA) is 139 Å². The molecule has 3 N–H and O–H groups in total. The number of aliphatic hydroxyl groups is 1. The van der Waals surface area contributed by atoms with Crippen molar-refractivity contribution in [3.05, 3.63) is 0 Å². The molecule has 3 saturated carbocycles. The largest absolute Gasteiger partial charge is 0.390 e. The minimum atomic E-state index is -3.59. The van der Waals surface area contributed by atoms with Crippen LogP contribution in [0.1, 0.15) is 130 Å². The monoisotopic (exact) mass is 711 g/mol. The molecule has 0 radical (unpaired) electrons. The van der Waals surface area contributed by atoms with Gasteiger partial charge in [-0.05, 0) is 69.6 Å². The number of nitrogens with zero attached hydrogens (tertiary/aromatic N) is 3. The number of amides is 3. The molecule has 3 aliphatic carbocycles. The molecule has 3 aliphatic rings. The highest BCUT2D eigenvalue weighted by molar-refractivity contribution is 7.89. The van der Waals surface area contributed by atoms with Gasteiger partial charge in [-0.15, -0.1) is 4.83 Å². The third-order valence-electron chi connectivity index (χ3n) is 11.0. The second kappa shape index (κ2) is 20.9. The summed E-state index contributed by atoms with van der Waals surface area (Å²) in [5.41, 5.74) is 0. The van der Waals surface area contributed by atoms with E-state index in [1.807, 2.05) is 25.7 Å². The lowest BCUT2D eigenvalue weighted by Crippen LogP contribution is -2.55. The molecule has 3 rings (SSSR count). The third-order valence-corrected chi connectivity index (χ3v) is 12.4. The van der Waals surface area contributed by atoms with Gasteiger partial charge in [-0.1, -0.05) is 72.1 Å². The van der Waals surface area contributed by atoms with Crippen LogP contribution in [0.5, 0.6) is 0 Å². The van der Waals surface area contributed by atoms with Crippen LogP contribution in [0.15, 0.2) is 0 Å².